The minimum atomic E-state index is -0.181. The van der Waals surface area contributed by atoms with Gasteiger partial charge in [0.05, 0.1) is 6.04 Å². The van der Waals surface area contributed by atoms with Gasteiger partial charge in [-0.05, 0) is 25.5 Å². The summed E-state index contributed by atoms with van der Waals surface area (Å²) >= 11 is 0. The van der Waals surface area contributed by atoms with E-state index in [0.717, 1.165) is 22.1 Å². The molecule has 3 heteroatoms. The lowest BCUT2D eigenvalue weighted by molar-refractivity contribution is 0.0913. The van der Waals surface area contributed by atoms with Crippen LogP contribution in [0.5, 0.6) is 0 Å². The van der Waals surface area contributed by atoms with Crippen LogP contribution in [0.3, 0.4) is 0 Å². The summed E-state index contributed by atoms with van der Waals surface area (Å²) in [6.45, 7) is 3.87. The molecular weight excluding hydrogens is 262 g/mol. The summed E-state index contributed by atoms with van der Waals surface area (Å²) in [7, 11) is 0. The van der Waals surface area contributed by atoms with Crippen molar-refractivity contribution >= 4 is 16.9 Å². The monoisotopic (exact) mass is 279 g/mol. The zero-order chi connectivity index (χ0) is 14.8. The van der Waals surface area contributed by atoms with Gasteiger partial charge in [0.1, 0.15) is 5.58 Å². The van der Waals surface area contributed by atoms with Crippen molar-refractivity contribution in [1.29, 1.82) is 0 Å². The molecule has 1 atom stereocenters. The number of para-hydroxylation sites is 1. The highest BCUT2D eigenvalue weighted by Crippen LogP contribution is 2.25. The van der Waals surface area contributed by atoms with Gasteiger partial charge >= 0.3 is 0 Å². The normalized spacial score (nSPS) is 12.3. The number of carbonyl (C=O) groups is 1. The molecule has 0 saturated heterocycles. The Morgan fingerprint density at radius 3 is 2.43 bits per heavy atom. The molecule has 0 fully saturated rings. The number of hydrogen-bond acceptors (Lipinski definition) is 2. The van der Waals surface area contributed by atoms with Gasteiger partial charge < -0.3 is 9.73 Å². The largest absolute Gasteiger partial charge is 0.451 e. The number of fused-ring (bicyclic) bond motifs is 1. The standard InChI is InChI=1S/C18H17NO2/c1-12-15-10-6-7-11-16(15)21-17(12)18(20)19-13(2)14-8-4-3-5-9-14/h3-11,13H,1-2H3,(H,19,20)/t13-/m1/s1. The summed E-state index contributed by atoms with van der Waals surface area (Å²) in [5.41, 5.74) is 2.69. The zero-order valence-corrected chi connectivity index (χ0v) is 12.1. The molecule has 0 spiro atoms. The van der Waals surface area contributed by atoms with E-state index in [1.807, 2.05) is 68.4 Å². The molecule has 0 bridgehead atoms. The lowest BCUT2D eigenvalue weighted by Gasteiger charge is -2.13. The third-order valence-electron chi connectivity index (χ3n) is 3.70. The summed E-state index contributed by atoms with van der Waals surface area (Å²) < 4.78 is 5.69. The number of rotatable bonds is 3. The van der Waals surface area contributed by atoms with Crippen LogP contribution in [0.4, 0.5) is 0 Å². The molecule has 0 saturated carbocycles. The fourth-order valence-corrected chi connectivity index (χ4v) is 2.48. The molecule has 21 heavy (non-hydrogen) atoms. The van der Waals surface area contributed by atoms with Crippen LogP contribution in [0.2, 0.25) is 0 Å². The Morgan fingerprint density at radius 1 is 1.05 bits per heavy atom. The Balaban J connectivity index is 1.86. The van der Waals surface area contributed by atoms with Gasteiger partial charge in [-0.15, -0.1) is 0 Å². The van der Waals surface area contributed by atoms with Crippen LogP contribution in [-0.4, -0.2) is 5.91 Å². The summed E-state index contributed by atoms with van der Waals surface area (Å²) in [5.74, 6) is 0.207. The molecule has 3 aromatic rings. The Hall–Kier alpha value is -2.55. The van der Waals surface area contributed by atoms with Crippen LogP contribution in [0.25, 0.3) is 11.0 Å². The van der Waals surface area contributed by atoms with E-state index in [1.54, 1.807) is 0 Å². The summed E-state index contributed by atoms with van der Waals surface area (Å²) in [6, 6.07) is 17.5. The molecule has 3 rings (SSSR count). The van der Waals surface area contributed by atoms with Crippen LogP contribution in [0.15, 0.2) is 59.0 Å². The smallest absolute Gasteiger partial charge is 0.287 e. The number of carbonyl (C=O) groups excluding carboxylic acids is 1. The Morgan fingerprint density at radius 2 is 1.71 bits per heavy atom. The van der Waals surface area contributed by atoms with Crippen LogP contribution in [0.1, 0.15) is 34.6 Å². The number of aryl methyl sites for hydroxylation is 1. The Bertz CT molecular complexity index is 774. The second kappa shape index (κ2) is 5.44. The maximum Gasteiger partial charge on any atom is 0.287 e. The van der Waals surface area contributed by atoms with Gasteiger partial charge in [-0.1, -0.05) is 48.5 Å². The van der Waals surface area contributed by atoms with Gasteiger partial charge in [-0.2, -0.15) is 0 Å². The zero-order valence-electron chi connectivity index (χ0n) is 12.1. The number of benzene rings is 2. The van der Waals surface area contributed by atoms with Crippen molar-refractivity contribution in [3.63, 3.8) is 0 Å². The van der Waals surface area contributed by atoms with Crippen LogP contribution in [-0.2, 0) is 0 Å². The van der Waals surface area contributed by atoms with Crippen molar-refractivity contribution in [2.24, 2.45) is 0 Å². The highest BCUT2D eigenvalue weighted by Gasteiger charge is 2.19. The average Bonchev–Trinajstić information content (AvgIpc) is 2.86. The van der Waals surface area contributed by atoms with Gasteiger partial charge in [0, 0.05) is 10.9 Å². The number of hydrogen-bond donors (Lipinski definition) is 1. The van der Waals surface area contributed by atoms with E-state index < -0.39 is 0 Å². The van der Waals surface area contributed by atoms with E-state index in [0.29, 0.717) is 5.76 Å². The lowest BCUT2D eigenvalue weighted by Crippen LogP contribution is -2.26. The molecule has 2 aromatic carbocycles. The number of nitrogens with one attached hydrogen (secondary N) is 1. The number of amides is 1. The van der Waals surface area contributed by atoms with E-state index in [1.165, 1.54) is 0 Å². The molecule has 3 nitrogen and oxygen atoms in total. The van der Waals surface area contributed by atoms with E-state index in [-0.39, 0.29) is 11.9 Å². The third kappa shape index (κ3) is 2.55. The van der Waals surface area contributed by atoms with E-state index in [2.05, 4.69) is 5.32 Å². The minimum absolute atomic E-state index is 0.0636. The SMILES string of the molecule is Cc1c(C(=O)N[C@H](C)c2ccccc2)oc2ccccc12. The maximum absolute atomic E-state index is 12.4. The Kier molecular flexibility index (Phi) is 3.48. The second-order valence-corrected chi connectivity index (χ2v) is 5.16. The maximum atomic E-state index is 12.4. The van der Waals surface area contributed by atoms with E-state index in [4.69, 9.17) is 4.42 Å². The third-order valence-corrected chi connectivity index (χ3v) is 3.70. The summed E-state index contributed by atoms with van der Waals surface area (Å²) in [4.78, 5) is 12.4. The summed E-state index contributed by atoms with van der Waals surface area (Å²) in [5, 5.41) is 3.96. The molecular formula is C18H17NO2. The van der Waals surface area contributed by atoms with Crippen molar-refractivity contribution < 1.29 is 9.21 Å². The highest BCUT2D eigenvalue weighted by atomic mass is 16.3. The van der Waals surface area contributed by atoms with Crippen molar-refractivity contribution in [3.05, 3.63) is 71.5 Å². The quantitative estimate of drug-likeness (QED) is 0.779. The first kappa shape index (κ1) is 13.4. The molecule has 1 amide bonds. The first-order valence-corrected chi connectivity index (χ1v) is 7.01. The van der Waals surface area contributed by atoms with Crippen LogP contribution >= 0.6 is 0 Å². The molecule has 1 aromatic heterocycles. The fraction of sp³-hybridized carbons (Fsp3) is 0.167. The molecule has 0 aliphatic heterocycles. The van der Waals surface area contributed by atoms with Crippen molar-refractivity contribution in [2.45, 2.75) is 19.9 Å². The molecule has 1 heterocycles. The predicted molar refractivity (Wildman–Crippen MR) is 83.3 cm³/mol. The fourth-order valence-electron chi connectivity index (χ4n) is 2.48. The van der Waals surface area contributed by atoms with Gasteiger partial charge in [-0.3, -0.25) is 4.79 Å². The number of furan rings is 1. The molecule has 0 aliphatic rings. The highest BCUT2D eigenvalue weighted by molar-refractivity contribution is 5.99. The predicted octanol–water partition coefficient (Wildman–Crippen LogP) is 4.23. The molecule has 0 radical (unpaired) electrons. The van der Waals surface area contributed by atoms with Crippen LogP contribution in [0, 0.1) is 6.92 Å². The molecule has 106 valence electrons. The van der Waals surface area contributed by atoms with E-state index >= 15 is 0 Å². The van der Waals surface area contributed by atoms with Crippen LogP contribution < -0.4 is 5.32 Å². The van der Waals surface area contributed by atoms with Crippen molar-refractivity contribution in [3.8, 4) is 0 Å². The van der Waals surface area contributed by atoms with Crippen molar-refractivity contribution in [1.82, 2.24) is 5.32 Å². The average molecular weight is 279 g/mol. The first-order chi connectivity index (χ1) is 10.2. The van der Waals surface area contributed by atoms with Gasteiger partial charge in [0.25, 0.3) is 5.91 Å². The lowest BCUT2D eigenvalue weighted by atomic mass is 10.1. The second-order valence-electron chi connectivity index (χ2n) is 5.16. The topological polar surface area (TPSA) is 42.2 Å². The van der Waals surface area contributed by atoms with Gasteiger partial charge in [0.2, 0.25) is 0 Å². The van der Waals surface area contributed by atoms with E-state index in [9.17, 15) is 4.79 Å². The summed E-state index contributed by atoms with van der Waals surface area (Å²) in [6.07, 6.45) is 0. The van der Waals surface area contributed by atoms with Gasteiger partial charge in [0.15, 0.2) is 5.76 Å². The Labute approximate surface area is 123 Å². The minimum Gasteiger partial charge on any atom is -0.451 e. The van der Waals surface area contributed by atoms with Gasteiger partial charge in [-0.25, -0.2) is 0 Å². The molecule has 1 N–H and O–H groups in total. The first-order valence-electron chi connectivity index (χ1n) is 7.01. The molecule has 0 aliphatic carbocycles. The van der Waals surface area contributed by atoms with Crippen molar-refractivity contribution in [2.75, 3.05) is 0 Å². The molecule has 0 unspecified atom stereocenters.